The second kappa shape index (κ2) is 11.7. The zero-order valence-corrected chi connectivity index (χ0v) is 25.1. The summed E-state index contributed by atoms with van der Waals surface area (Å²) in [4.78, 5) is 15.7. The van der Waals surface area contributed by atoms with Crippen LogP contribution in [0.3, 0.4) is 0 Å². The van der Waals surface area contributed by atoms with Gasteiger partial charge in [0.05, 0.1) is 19.8 Å². The van der Waals surface area contributed by atoms with E-state index in [4.69, 9.17) is 32.9 Å². The van der Waals surface area contributed by atoms with Crippen LogP contribution in [-0.2, 0) is 27.2 Å². The molecule has 2 aliphatic heterocycles. The number of ether oxygens (including phenoxy) is 3. The van der Waals surface area contributed by atoms with E-state index in [1.54, 1.807) is 7.11 Å². The minimum Gasteiger partial charge on any atom is -0.414 e. The Bertz CT molecular complexity index is 866. The summed E-state index contributed by atoms with van der Waals surface area (Å²) >= 11 is 0. The van der Waals surface area contributed by atoms with E-state index in [2.05, 4.69) is 65.5 Å². The smallest absolute Gasteiger partial charge is 0.335 e. The summed E-state index contributed by atoms with van der Waals surface area (Å²) in [5.74, 6) is -0.795. The number of carbonyl (C=O) groups excluding carboxylic acids is 1. The lowest BCUT2D eigenvalue weighted by Gasteiger charge is -2.51. The minimum absolute atomic E-state index is 0.0850. The highest BCUT2D eigenvalue weighted by Crippen LogP contribution is 2.48. The number of fused-ring (bicyclic) bond motifs is 1. The zero-order valence-electron chi connectivity index (χ0n) is 23.1. The summed E-state index contributed by atoms with van der Waals surface area (Å²) in [5.41, 5.74) is 6.16. The summed E-state index contributed by atoms with van der Waals surface area (Å²) in [6.07, 6.45) is -0.668. The number of rotatable bonds is 10. The fourth-order valence-corrected chi connectivity index (χ4v) is 16.5. The number of nitrogens with two attached hydrogens (primary N) is 1. The van der Waals surface area contributed by atoms with Crippen molar-refractivity contribution >= 4 is 23.0 Å². The monoisotopic (exact) mass is 544 g/mol. The lowest BCUT2D eigenvalue weighted by atomic mass is 10.1. The zero-order chi connectivity index (χ0) is 26.8. The van der Waals surface area contributed by atoms with Crippen LogP contribution in [0.1, 0.15) is 72.2 Å². The van der Waals surface area contributed by atoms with Crippen LogP contribution in [0.5, 0.6) is 0 Å². The van der Waals surface area contributed by atoms with E-state index in [9.17, 15) is 4.79 Å². The first-order valence-corrected chi connectivity index (χ1v) is 16.8. The maximum atomic E-state index is 11.6. The molecule has 36 heavy (non-hydrogen) atoms. The summed E-state index contributed by atoms with van der Waals surface area (Å²) in [5, 5.41) is 4.25. The molecule has 2 aliphatic rings. The Balaban J connectivity index is 2.08. The van der Waals surface area contributed by atoms with Crippen molar-refractivity contribution in [3.8, 4) is 0 Å². The standard InChI is InChI=1S/C23H44N4O7Si2/c1-14(2)35(15(3)4)31-12-18-19(33-36(34-35,16(5)6)17(7)8)20(30-11-10-29-9)23(32-18)27-13-25-22(26-27)21(24)28/h13-20,23H,10-12H2,1-9H3,(H2,24,28)/t18-,19?,20-,23+/m0/s1. The maximum Gasteiger partial charge on any atom is 0.335 e. The van der Waals surface area contributed by atoms with Crippen molar-refractivity contribution in [3.63, 3.8) is 0 Å². The molecule has 1 unspecified atom stereocenters. The van der Waals surface area contributed by atoms with Crippen LogP contribution in [0.25, 0.3) is 0 Å². The molecule has 0 radical (unpaired) electrons. The highest BCUT2D eigenvalue weighted by Gasteiger charge is 2.62. The van der Waals surface area contributed by atoms with Gasteiger partial charge in [0.2, 0.25) is 5.82 Å². The average Bonchev–Trinajstić information content (AvgIpc) is 3.39. The van der Waals surface area contributed by atoms with Gasteiger partial charge in [-0.05, 0) is 22.2 Å². The lowest BCUT2D eigenvalue weighted by molar-refractivity contribution is -0.0839. The molecule has 2 N–H and O–H groups in total. The van der Waals surface area contributed by atoms with Crippen molar-refractivity contribution in [1.82, 2.24) is 14.8 Å². The number of aromatic nitrogens is 3. The van der Waals surface area contributed by atoms with Gasteiger partial charge in [0.25, 0.3) is 5.91 Å². The van der Waals surface area contributed by atoms with Crippen molar-refractivity contribution in [2.24, 2.45) is 5.73 Å². The maximum absolute atomic E-state index is 11.6. The van der Waals surface area contributed by atoms with E-state index in [0.29, 0.717) is 19.8 Å². The van der Waals surface area contributed by atoms with Gasteiger partial charge in [-0.2, -0.15) is 0 Å². The summed E-state index contributed by atoms with van der Waals surface area (Å²) in [6.45, 7) is 18.5. The molecule has 11 nitrogen and oxygen atoms in total. The Morgan fingerprint density at radius 3 is 2.19 bits per heavy atom. The number of hydrogen-bond acceptors (Lipinski definition) is 9. The molecule has 0 bridgehead atoms. The van der Waals surface area contributed by atoms with Gasteiger partial charge < -0.3 is 32.9 Å². The minimum atomic E-state index is -2.87. The number of methoxy groups -OCH3 is 1. The van der Waals surface area contributed by atoms with E-state index < -0.39 is 47.6 Å². The fourth-order valence-electron chi connectivity index (χ4n) is 5.29. The molecule has 2 fully saturated rings. The average molecular weight is 545 g/mol. The van der Waals surface area contributed by atoms with Gasteiger partial charge >= 0.3 is 17.1 Å². The van der Waals surface area contributed by atoms with Gasteiger partial charge in [-0.15, -0.1) is 5.10 Å². The van der Waals surface area contributed by atoms with E-state index in [0.717, 1.165) is 0 Å². The SMILES string of the molecule is COCCO[C@H]1C2O[Si](C(C)C)(C(C)C)O[Si](C(C)C)(C(C)C)OC[C@@H]2O[C@H]1n1cnc(C(N)=O)n1. The van der Waals surface area contributed by atoms with Gasteiger partial charge in [0, 0.05) is 7.11 Å². The van der Waals surface area contributed by atoms with Gasteiger partial charge in [-0.25, -0.2) is 9.67 Å². The molecule has 0 spiro atoms. The first kappa shape index (κ1) is 29.4. The van der Waals surface area contributed by atoms with Crippen molar-refractivity contribution in [2.45, 2.75) is 102 Å². The van der Waals surface area contributed by atoms with Crippen LogP contribution >= 0.6 is 0 Å². The Labute approximate surface area is 216 Å². The van der Waals surface area contributed by atoms with Crippen LogP contribution in [0.4, 0.5) is 0 Å². The molecule has 4 atom stereocenters. The van der Waals surface area contributed by atoms with E-state index in [-0.39, 0.29) is 28.0 Å². The van der Waals surface area contributed by atoms with Gasteiger partial charge in [0.1, 0.15) is 24.6 Å². The highest BCUT2D eigenvalue weighted by atomic mass is 28.5. The quantitative estimate of drug-likeness (QED) is 0.348. The number of amides is 1. The highest BCUT2D eigenvalue weighted by molar-refractivity contribution is 6.83. The molecular formula is C23H44N4O7Si2. The number of primary amides is 1. The van der Waals surface area contributed by atoms with Crippen LogP contribution in [-0.4, -0.2) is 83.0 Å². The van der Waals surface area contributed by atoms with Crippen LogP contribution in [0, 0.1) is 0 Å². The van der Waals surface area contributed by atoms with Crippen LogP contribution < -0.4 is 5.73 Å². The molecule has 1 aromatic rings. The topological polar surface area (TPSA) is 129 Å². The molecule has 13 heteroatoms. The molecular weight excluding hydrogens is 500 g/mol. The third kappa shape index (κ3) is 5.48. The van der Waals surface area contributed by atoms with Crippen molar-refractivity contribution < 1.29 is 32.0 Å². The van der Waals surface area contributed by atoms with Gasteiger partial charge in [-0.1, -0.05) is 55.4 Å². The summed E-state index contributed by atoms with van der Waals surface area (Å²) in [6, 6.07) is 0. The van der Waals surface area contributed by atoms with Crippen LogP contribution in [0.2, 0.25) is 22.2 Å². The molecule has 1 aromatic heterocycles. The van der Waals surface area contributed by atoms with Crippen molar-refractivity contribution in [1.29, 1.82) is 0 Å². The normalized spacial score (nSPS) is 28.0. The van der Waals surface area contributed by atoms with Crippen LogP contribution in [0.15, 0.2) is 6.33 Å². The van der Waals surface area contributed by atoms with Crippen molar-refractivity contribution in [3.05, 3.63) is 12.2 Å². The van der Waals surface area contributed by atoms with E-state index >= 15 is 0 Å². The number of carbonyl (C=O) groups is 1. The first-order valence-electron chi connectivity index (χ1n) is 12.9. The molecule has 0 aromatic carbocycles. The van der Waals surface area contributed by atoms with E-state index in [1.165, 1.54) is 11.0 Å². The molecule has 2 saturated heterocycles. The third-order valence-corrected chi connectivity index (χ3v) is 17.5. The molecule has 0 aliphatic carbocycles. The second-order valence-corrected chi connectivity index (χ2v) is 19.7. The molecule has 3 heterocycles. The first-order chi connectivity index (χ1) is 16.9. The second-order valence-electron chi connectivity index (χ2n) is 10.9. The lowest BCUT2D eigenvalue weighted by Crippen LogP contribution is -2.66. The van der Waals surface area contributed by atoms with Gasteiger partial charge in [0.15, 0.2) is 6.23 Å². The molecule has 0 saturated carbocycles. The summed E-state index contributed by atoms with van der Waals surface area (Å²) in [7, 11) is -3.96. The van der Waals surface area contributed by atoms with E-state index in [1.807, 2.05) is 0 Å². The predicted octanol–water partition coefficient (Wildman–Crippen LogP) is 3.26. The fraction of sp³-hybridized carbons (Fsp3) is 0.870. The number of hydrogen-bond donors (Lipinski definition) is 1. The third-order valence-electron chi connectivity index (χ3n) is 7.20. The predicted molar refractivity (Wildman–Crippen MR) is 138 cm³/mol. The molecule has 1 amide bonds. The molecule has 3 rings (SSSR count). The Kier molecular flexibility index (Phi) is 9.53. The Hall–Kier alpha value is -1.20. The van der Waals surface area contributed by atoms with Crippen molar-refractivity contribution in [2.75, 3.05) is 26.9 Å². The number of nitrogens with zero attached hydrogens (tertiary/aromatic N) is 3. The summed E-state index contributed by atoms with van der Waals surface area (Å²) < 4.78 is 40.7. The molecule has 206 valence electrons. The Morgan fingerprint density at radius 1 is 1.08 bits per heavy atom. The Morgan fingerprint density at radius 2 is 1.69 bits per heavy atom. The van der Waals surface area contributed by atoms with Gasteiger partial charge in [-0.3, -0.25) is 4.79 Å². The largest absolute Gasteiger partial charge is 0.414 e.